The molecule has 5 nitrogen and oxygen atoms in total. The van der Waals surface area contributed by atoms with E-state index in [1.54, 1.807) is 0 Å². The second-order valence-electron chi connectivity index (χ2n) is 4.45. The van der Waals surface area contributed by atoms with Gasteiger partial charge in [-0.3, -0.25) is 9.59 Å². The highest BCUT2D eigenvalue weighted by Gasteiger charge is 2.22. The van der Waals surface area contributed by atoms with Gasteiger partial charge in [-0.15, -0.1) is 0 Å². The van der Waals surface area contributed by atoms with Crippen molar-refractivity contribution in [1.29, 1.82) is 0 Å². The SMILES string of the molecule is CC(C)CN(CC(=O)O)C(=O)c1ccc(Cl)nc1Cl. The number of rotatable bonds is 5. The van der Waals surface area contributed by atoms with Crippen molar-refractivity contribution in [3.8, 4) is 0 Å². The molecule has 1 heterocycles. The van der Waals surface area contributed by atoms with E-state index in [-0.39, 0.29) is 28.3 Å². The molecule has 0 radical (unpaired) electrons. The van der Waals surface area contributed by atoms with Crippen molar-refractivity contribution in [1.82, 2.24) is 9.88 Å². The summed E-state index contributed by atoms with van der Waals surface area (Å²) in [5, 5.41) is 8.99. The minimum Gasteiger partial charge on any atom is -0.480 e. The summed E-state index contributed by atoms with van der Waals surface area (Å²) in [5.41, 5.74) is 0.146. The lowest BCUT2D eigenvalue weighted by atomic mass is 10.1. The van der Waals surface area contributed by atoms with Crippen LogP contribution in [0, 0.1) is 5.92 Å². The summed E-state index contributed by atoms with van der Waals surface area (Å²) in [6.07, 6.45) is 0. The first-order chi connectivity index (χ1) is 8.81. The van der Waals surface area contributed by atoms with E-state index in [1.165, 1.54) is 17.0 Å². The lowest BCUT2D eigenvalue weighted by Crippen LogP contribution is -2.38. The van der Waals surface area contributed by atoms with Crippen LogP contribution in [-0.2, 0) is 4.79 Å². The van der Waals surface area contributed by atoms with Crippen LogP contribution in [0.25, 0.3) is 0 Å². The van der Waals surface area contributed by atoms with Crippen LogP contribution >= 0.6 is 23.2 Å². The van der Waals surface area contributed by atoms with Gasteiger partial charge in [-0.05, 0) is 18.1 Å². The van der Waals surface area contributed by atoms with E-state index in [1.807, 2.05) is 13.8 Å². The van der Waals surface area contributed by atoms with Gasteiger partial charge >= 0.3 is 5.97 Å². The Kier molecular flexibility index (Phi) is 5.57. The molecule has 0 atom stereocenters. The lowest BCUT2D eigenvalue weighted by molar-refractivity contribution is -0.137. The van der Waals surface area contributed by atoms with Crippen LogP contribution in [0.4, 0.5) is 0 Å². The summed E-state index contributed by atoms with van der Waals surface area (Å²) in [7, 11) is 0. The highest BCUT2D eigenvalue weighted by molar-refractivity contribution is 6.34. The van der Waals surface area contributed by atoms with Crippen LogP contribution in [0.1, 0.15) is 24.2 Å². The van der Waals surface area contributed by atoms with E-state index in [0.717, 1.165) is 0 Å². The fraction of sp³-hybridized carbons (Fsp3) is 0.417. The van der Waals surface area contributed by atoms with Gasteiger partial charge in [0.25, 0.3) is 5.91 Å². The molecule has 0 spiro atoms. The normalized spacial score (nSPS) is 10.6. The number of nitrogens with zero attached hydrogens (tertiary/aromatic N) is 2. The van der Waals surface area contributed by atoms with Crippen molar-refractivity contribution in [2.75, 3.05) is 13.1 Å². The zero-order valence-corrected chi connectivity index (χ0v) is 12.1. The zero-order chi connectivity index (χ0) is 14.6. The average molecular weight is 305 g/mol. The quantitative estimate of drug-likeness (QED) is 0.849. The zero-order valence-electron chi connectivity index (χ0n) is 10.6. The predicted molar refractivity (Wildman–Crippen MR) is 72.6 cm³/mol. The Hall–Kier alpha value is -1.33. The molecule has 0 saturated heterocycles. The molecule has 7 heteroatoms. The van der Waals surface area contributed by atoms with Crippen molar-refractivity contribution >= 4 is 35.1 Å². The molecule has 1 amide bonds. The maximum atomic E-state index is 12.2. The Labute approximate surface area is 121 Å². The molecular formula is C12H14Cl2N2O3. The third-order valence-electron chi connectivity index (χ3n) is 2.24. The third kappa shape index (κ3) is 4.69. The van der Waals surface area contributed by atoms with Gasteiger partial charge in [0.1, 0.15) is 16.9 Å². The minimum absolute atomic E-state index is 0.0309. The maximum Gasteiger partial charge on any atom is 0.323 e. The largest absolute Gasteiger partial charge is 0.480 e. The molecule has 0 saturated carbocycles. The lowest BCUT2D eigenvalue weighted by Gasteiger charge is -2.23. The number of pyridine rings is 1. The standard InChI is InChI=1S/C12H14Cl2N2O3/c1-7(2)5-16(6-10(17)18)12(19)8-3-4-9(13)15-11(8)14/h3-4,7H,5-6H2,1-2H3,(H,17,18). The third-order valence-corrected chi connectivity index (χ3v) is 2.74. The van der Waals surface area contributed by atoms with Gasteiger partial charge in [-0.25, -0.2) is 4.98 Å². The number of halogens is 2. The Morgan fingerprint density at radius 1 is 1.37 bits per heavy atom. The topological polar surface area (TPSA) is 70.5 Å². The molecule has 0 aliphatic carbocycles. The highest BCUT2D eigenvalue weighted by Crippen LogP contribution is 2.19. The van der Waals surface area contributed by atoms with Gasteiger partial charge in [0.05, 0.1) is 5.56 Å². The molecule has 19 heavy (non-hydrogen) atoms. The molecule has 0 aliphatic heterocycles. The maximum absolute atomic E-state index is 12.2. The molecule has 0 aromatic carbocycles. The van der Waals surface area contributed by atoms with Crippen molar-refractivity contribution < 1.29 is 14.7 Å². The van der Waals surface area contributed by atoms with Crippen LogP contribution in [-0.4, -0.2) is 40.0 Å². The Morgan fingerprint density at radius 3 is 2.47 bits per heavy atom. The van der Waals surface area contributed by atoms with E-state index in [4.69, 9.17) is 28.3 Å². The number of hydrogen-bond acceptors (Lipinski definition) is 3. The summed E-state index contributed by atoms with van der Waals surface area (Å²) >= 11 is 11.5. The second kappa shape index (κ2) is 6.73. The molecule has 0 bridgehead atoms. The van der Waals surface area contributed by atoms with Gasteiger partial charge in [-0.1, -0.05) is 37.0 Å². The minimum atomic E-state index is -1.08. The van der Waals surface area contributed by atoms with Crippen LogP contribution in [0.5, 0.6) is 0 Å². The summed E-state index contributed by atoms with van der Waals surface area (Å²) in [6, 6.07) is 2.88. The average Bonchev–Trinajstić information content (AvgIpc) is 2.26. The molecule has 1 aromatic rings. The molecular weight excluding hydrogens is 291 g/mol. The monoisotopic (exact) mass is 304 g/mol. The van der Waals surface area contributed by atoms with E-state index in [2.05, 4.69) is 4.98 Å². The van der Waals surface area contributed by atoms with Crippen LogP contribution in [0.2, 0.25) is 10.3 Å². The highest BCUT2D eigenvalue weighted by atomic mass is 35.5. The first-order valence-electron chi connectivity index (χ1n) is 5.64. The number of aliphatic carboxylic acids is 1. The van der Waals surface area contributed by atoms with E-state index in [9.17, 15) is 9.59 Å². The fourth-order valence-electron chi connectivity index (χ4n) is 1.57. The van der Waals surface area contributed by atoms with Crippen LogP contribution in [0.3, 0.4) is 0 Å². The summed E-state index contributed by atoms with van der Waals surface area (Å²) in [4.78, 5) is 28.0. The molecule has 104 valence electrons. The van der Waals surface area contributed by atoms with E-state index in [0.29, 0.717) is 6.54 Å². The van der Waals surface area contributed by atoms with Crippen molar-refractivity contribution in [3.63, 3.8) is 0 Å². The summed E-state index contributed by atoms with van der Waals surface area (Å²) in [6.45, 7) is 3.73. The van der Waals surface area contributed by atoms with E-state index < -0.39 is 11.9 Å². The number of hydrogen-bond donors (Lipinski definition) is 1. The number of carbonyl (C=O) groups is 2. The molecule has 1 N–H and O–H groups in total. The number of carboxylic acids is 1. The van der Waals surface area contributed by atoms with Gasteiger partial charge < -0.3 is 10.0 Å². The summed E-state index contributed by atoms with van der Waals surface area (Å²) < 4.78 is 0. The summed E-state index contributed by atoms with van der Waals surface area (Å²) in [5.74, 6) is -1.40. The number of carbonyl (C=O) groups excluding carboxylic acids is 1. The van der Waals surface area contributed by atoms with Gasteiger partial charge in [0.2, 0.25) is 0 Å². The Bertz CT molecular complexity index is 492. The Balaban J connectivity index is 3.00. The van der Waals surface area contributed by atoms with Crippen molar-refractivity contribution in [2.45, 2.75) is 13.8 Å². The fourth-order valence-corrected chi connectivity index (χ4v) is 1.99. The number of carboxylic acid groups (broad SMARTS) is 1. The van der Waals surface area contributed by atoms with Gasteiger partial charge in [-0.2, -0.15) is 0 Å². The first-order valence-corrected chi connectivity index (χ1v) is 6.40. The number of aromatic nitrogens is 1. The molecule has 1 rings (SSSR count). The van der Waals surface area contributed by atoms with Crippen LogP contribution < -0.4 is 0 Å². The number of amides is 1. The predicted octanol–water partition coefficient (Wildman–Crippen LogP) is 2.57. The molecule has 0 aliphatic rings. The van der Waals surface area contributed by atoms with Crippen molar-refractivity contribution in [2.24, 2.45) is 5.92 Å². The first kappa shape index (κ1) is 15.7. The molecule has 0 unspecified atom stereocenters. The van der Waals surface area contributed by atoms with E-state index >= 15 is 0 Å². The smallest absolute Gasteiger partial charge is 0.323 e. The Morgan fingerprint density at radius 2 is 2.00 bits per heavy atom. The van der Waals surface area contributed by atoms with Crippen LogP contribution in [0.15, 0.2) is 12.1 Å². The van der Waals surface area contributed by atoms with Gasteiger partial charge in [0.15, 0.2) is 0 Å². The molecule has 1 aromatic heterocycles. The second-order valence-corrected chi connectivity index (χ2v) is 5.19. The van der Waals surface area contributed by atoms with Gasteiger partial charge in [0, 0.05) is 6.54 Å². The van der Waals surface area contributed by atoms with Crippen molar-refractivity contribution in [3.05, 3.63) is 28.0 Å². The molecule has 0 fully saturated rings.